The molecule has 0 unspecified atom stereocenters. The predicted octanol–water partition coefficient (Wildman–Crippen LogP) is 14.8. The van der Waals surface area contributed by atoms with E-state index in [1.807, 2.05) is 0 Å². The molecule has 0 aromatic heterocycles. The highest BCUT2D eigenvalue weighted by atomic mass is 16.5. The number of hydrogen-bond donors (Lipinski definition) is 0. The van der Waals surface area contributed by atoms with Gasteiger partial charge in [-0.05, 0) is 115 Å². The van der Waals surface area contributed by atoms with E-state index < -0.39 is 5.41 Å². The first kappa shape index (κ1) is 33.0. The molecular weight excluding hydrogens is 703 g/mol. The Morgan fingerprint density at radius 3 is 1.67 bits per heavy atom. The van der Waals surface area contributed by atoms with Crippen LogP contribution in [0.4, 0.5) is 17.1 Å². The molecule has 0 radical (unpaired) electrons. The van der Waals surface area contributed by atoms with Crippen LogP contribution in [0.5, 0.6) is 11.5 Å². The molecule has 0 fully saturated rings. The van der Waals surface area contributed by atoms with E-state index in [-0.39, 0.29) is 5.41 Å². The van der Waals surface area contributed by atoms with E-state index in [4.69, 9.17) is 4.74 Å². The molecular formula is C56H39NO. The Balaban J connectivity index is 1.13. The normalized spacial score (nSPS) is 14.4. The van der Waals surface area contributed by atoms with Crippen LogP contribution in [-0.4, -0.2) is 0 Å². The molecule has 0 atom stereocenters. The standard InChI is InChI=1S/C56H39NO/c1-55(2)46-19-9-8-18-43(46)44-31-29-40(34-50(44)55)57(39-27-24-37(25-28-39)36-14-4-3-5-15-36)41-30-32-45-51(35-41)56(49-33-26-38-16-6-7-17-42(38)54(45)49)47-20-10-12-22-52(47)58-53-23-13-11-21-48(53)56/h3-35H,1-2H3. The van der Waals surface area contributed by atoms with Gasteiger partial charge in [0.2, 0.25) is 0 Å². The Labute approximate surface area is 339 Å². The van der Waals surface area contributed by atoms with Gasteiger partial charge in [-0.1, -0.05) is 166 Å². The van der Waals surface area contributed by atoms with Crippen molar-refractivity contribution in [3.8, 4) is 44.9 Å². The van der Waals surface area contributed by atoms with Crippen LogP contribution in [0.2, 0.25) is 0 Å². The SMILES string of the molecule is CC1(C)c2ccccc2-c2ccc(N(c3ccc(-c4ccccc4)cc3)c3ccc4c(c3)C3(c5ccccc5Oc5ccccc53)c3ccc5ccccc5c3-4)cc21. The fourth-order valence-electron chi connectivity index (χ4n) is 10.5. The fourth-order valence-corrected chi connectivity index (χ4v) is 10.5. The molecule has 2 heteroatoms. The average molecular weight is 742 g/mol. The Morgan fingerprint density at radius 2 is 0.931 bits per heavy atom. The Bertz CT molecular complexity index is 3080. The van der Waals surface area contributed by atoms with Gasteiger partial charge in [0.05, 0.1) is 5.41 Å². The molecule has 1 spiro atoms. The van der Waals surface area contributed by atoms with Crippen molar-refractivity contribution in [2.45, 2.75) is 24.7 Å². The number of hydrogen-bond acceptors (Lipinski definition) is 2. The third kappa shape index (κ3) is 4.49. The van der Waals surface area contributed by atoms with Crippen LogP contribution in [0, 0.1) is 0 Å². The highest BCUT2D eigenvalue weighted by Gasteiger charge is 2.51. The molecule has 58 heavy (non-hydrogen) atoms. The average Bonchev–Trinajstić information content (AvgIpc) is 3.69. The Kier molecular flexibility index (Phi) is 6.93. The van der Waals surface area contributed by atoms with Gasteiger partial charge in [-0.2, -0.15) is 0 Å². The summed E-state index contributed by atoms with van der Waals surface area (Å²) in [5.74, 6) is 1.79. The van der Waals surface area contributed by atoms with Crippen molar-refractivity contribution in [3.63, 3.8) is 0 Å². The van der Waals surface area contributed by atoms with Crippen LogP contribution in [0.1, 0.15) is 47.2 Å². The minimum Gasteiger partial charge on any atom is -0.457 e. The summed E-state index contributed by atoms with van der Waals surface area (Å²) in [5.41, 5.74) is 17.8. The van der Waals surface area contributed by atoms with Crippen molar-refractivity contribution in [3.05, 3.63) is 234 Å². The number of rotatable bonds is 4. The molecule has 0 N–H and O–H groups in total. The molecule has 9 aromatic carbocycles. The number of para-hydroxylation sites is 2. The summed E-state index contributed by atoms with van der Waals surface area (Å²) >= 11 is 0. The lowest BCUT2D eigenvalue weighted by Crippen LogP contribution is -2.32. The molecule has 2 nitrogen and oxygen atoms in total. The van der Waals surface area contributed by atoms with Gasteiger partial charge in [0, 0.05) is 33.6 Å². The molecule has 0 amide bonds. The number of ether oxygens (including phenoxy) is 1. The maximum absolute atomic E-state index is 6.72. The van der Waals surface area contributed by atoms with Crippen molar-refractivity contribution in [1.82, 2.24) is 0 Å². The molecule has 1 aliphatic heterocycles. The first-order valence-corrected chi connectivity index (χ1v) is 20.3. The van der Waals surface area contributed by atoms with Crippen molar-refractivity contribution in [2.75, 3.05) is 4.90 Å². The smallest absolute Gasteiger partial charge is 0.132 e. The first-order chi connectivity index (χ1) is 28.5. The zero-order valence-electron chi connectivity index (χ0n) is 32.4. The molecule has 274 valence electrons. The highest BCUT2D eigenvalue weighted by Crippen LogP contribution is 2.64. The van der Waals surface area contributed by atoms with Crippen molar-refractivity contribution >= 4 is 27.8 Å². The van der Waals surface area contributed by atoms with Gasteiger partial charge in [-0.15, -0.1) is 0 Å². The monoisotopic (exact) mass is 741 g/mol. The summed E-state index contributed by atoms with van der Waals surface area (Å²) in [7, 11) is 0. The van der Waals surface area contributed by atoms with E-state index in [1.165, 1.54) is 66.4 Å². The molecule has 0 saturated carbocycles. The van der Waals surface area contributed by atoms with Crippen LogP contribution in [0.3, 0.4) is 0 Å². The van der Waals surface area contributed by atoms with Gasteiger partial charge in [-0.3, -0.25) is 0 Å². The molecule has 3 aliphatic rings. The summed E-state index contributed by atoms with van der Waals surface area (Å²) in [6.45, 7) is 4.72. The van der Waals surface area contributed by atoms with Gasteiger partial charge < -0.3 is 9.64 Å². The lowest BCUT2D eigenvalue weighted by molar-refractivity contribution is 0.436. The number of anilines is 3. The van der Waals surface area contributed by atoms with Crippen LogP contribution in [0.25, 0.3) is 44.2 Å². The van der Waals surface area contributed by atoms with E-state index in [1.54, 1.807) is 0 Å². The van der Waals surface area contributed by atoms with Gasteiger partial charge in [0.1, 0.15) is 11.5 Å². The summed E-state index contributed by atoms with van der Waals surface area (Å²) in [6.07, 6.45) is 0. The molecule has 1 heterocycles. The van der Waals surface area contributed by atoms with Crippen LogP contribution < -0.4 is 9.64 Å². The third-order valence-electron chi connectivity index (χ3n) is 13.1. The van der Waals surface area contributed by atoms with Crippen molar-refractivity contribution < 1.29 is 4.74 Å². The molecule has 0 saturated heterocycles. The van der Waals surface area contributed by atoms with E-state index >= 15 is 0 Å². The molecule has 12 rings (SSSR count). The largest absolute Gasteiger partial charge is 0.457 e. The third-order valence-corrected chi connectivity index (χ3v) is 13.1. The minimum absolute atomic E-state index is 0.134. The minimum atomic E-state index is -0.597. The Hall–Kier alpha value is -7.16. The Morgan fingerprint density at radius 1 is 0.379 bits per heavy atom. The van der Waals surface area contributed by atoms with Gasteiger partial charge >= 0.3 is 0 Å². The van der Waals surface area contributed by atoms with Crippen molar-refractivity contribution in [2.24, 2.45) is 0 Å². The van der Waals surface area contributed by atoms with Crippen LogP contribution in [0.15, 0.2) is 200 Å². The first-order valence-electron chi connectivity index (χ1n) is 20.3. The molecule has 0 bridgehead atoms. The lowest BCUT2D eigenvalue weighted by atomic mass is 9.66. The second-order valence-corrected chi connectivity index (χ2v) is 16.4. The zero-order valence-corrected chi connectivity index (χ0v) is 32.4. The number of fused-ring (bicyclic) bond motifs is 14. The van der Waals surface area contributed by atoms with E-state index in [0.29, 0.717) is 0 Å². The summed E-state index contributed by atoms with van der Waals surface area (Å²) in [5, 5.41) is 2.50. The van der Waals surface area contributed by atoms with E-state index in [2.05, 4.69) is 219 Å². The molecule has 2 aliphatic carbocycles. The quantitative estimate of drug-likeness (QED) is 0.178. The van der Waals surface area contributed by atoms with Crippen molar-refractivity contribution in [1.29, 1.82) is 0 Å². The highest BCUT2D eigenvalue weighted by molar-refractivity contribution is 6.05. The van der Waals surface area contributed by atoms with Gasteiger partial charge in [0.25, 0.3) is 0 Å². The second-order valence-electron chi connectivity index (χ2n) is 16.4. The number of nitrogens with zero attached hydrogens (tertiary/aromatic N) is 1. The van der Waals surface area contributed by atoms with Crippen LogP contribution in [-0.2, 0) is 10.8 Å². The summed E-state index contributed by atoms with van der Waals surface area (Å²) < 4.78 is 6.72. The summed E-state index contributed by atoms with van der Waals surface area (Å²) in [4.78, 5) is 2.46. The fraction of sp³-hybridized carbons (Fsp3) is 0.0714. The predicted molar refractivity (Wildman–Crippen MR) is 239 cm³/mol. The lowest BCUT2D eigenvalue weighted by Gasteiger charge is -2.39. The summed E-state index contributed by atoms with van der Waals surface area (Å²) in [6, 6.07) is 73.6. The van der Waals surface area contributed by atoms with E-state index in [0.717, 1.165) is 39.7 Å². The molecule has 9 aromatic rings. The van der Waals surface area contributed by atoms with Crippen LogP contribution >= 0.6 is 0 Å². The van der Waals surface area contributed by atoms with E-state index in [9.17, 15) is 0 Å². The zero-order chi connectivity index (χ0) is 38.6. The second kappa shape index (κ2) is 12.2. The topological polar surface area (TPSA) is 12.5 Å². The number of benzene rings is 9. The van der Waals surface area contributed by atoms with Gasteiger partial charge in [0.15, 0.2) is 0 Å². The van der Waals surface area contributed by atoms with Gasteiger partial charge in [-0.25, -0.2) is 0 Å². The maximum Gasteiger partial charge on any atom is 0.132 e. The maximum atomic E-state index is 6.72.